The van der Waals surface area contributed by atoms with Gasteiger partial charge >= 0.3 is 5.97 Å². The van der Waals surface area contributed by atoms with Crippen molar-refractivity contribution < 1.29 is 19.1 Å². The lowest BCUT2D eigenvalue weighted by Gasteiger charge is -2.11. The van der Waals surface area contributed by atoms with Crippen LogP contribution in [0.15, 0.2) is 42.7 Å². The molecule has 9 heteroatoms. The number of thiophene rings is 1. The smallest absolute Gasteiger partial charge is 0.306 e. The highest BCUT2D eigenvalue weighted by Crippen LogP contribution is 2.37. The summed E-state index contributed by atoms with van der Waals surface area (Å²) in [5.41, 5.74) is 8.70. The van der Waals surface area contributed by atoms with E-state index in [0.717, 1.165) is 47.4 Å². The summed E-state index contributed by atoms with van der Waals surface area (Å²) in [7, 11) is 0. The van der Waals surface area contributed by atoms with Crippen LogP contribution < -0.4 is 11.1 Å². The second-order valence-corrected chi connectivity index (χ2v) is 8.72. The highest BCUT2D eigenvalue weighted by molar-refractivity contribution is 7.17. The molecular formula is C23H24N4O4S. The van der Waals surface area contributed by atoms with E-state index in [0.29, 0.717) is 17.0 Å². The summed E-state index contributed by atoms with van der Waals surface area (Å²) in [6.07, 6.45) is 7.88. The number of para-hydroxylation sites is 1. The molecular weight excluding hydrogens is 428 g/mol. The van der Waals surface area contributed by atoms with Gasteiger partial charge < -0.3 is 15.8 Å². The van der Waals surface area contributed by atoms with Crippen molar-refractivity contribution in [1.82, 2.24) is 9.78 Å². The molecule has 1 aliphatic carbocycles. The van der Waals surface area contributed by atoms with Crippen molar-refractivity contribution in [2.45, 2.75) is 38.5 Å². The number of aryl methyl sites for hydroxylation is 2. The van der Waals surface area contributed by atoms with Gasteiger partial charge in [-0.15, -0.1) is 11.3 Å². The van der Waals surface area contributed by atoms with Crippen LogP contribution in [-0.4, -0.2) is 34.2 Å². The van der Waals surface area contributed by atoms with Crippen molar-refractivity contribution in [2.75, 3.05) is 11.9 Å². The first-order valence-corrected chi connectivity index (χ1v) is 11.3. The predicted molar refractivity (Wildman–Crippen MR) is 121 cm³/mol. The van der Waals surface area contributed by atoms with Crippen LogP contribution in [0.2, 0.25) is 0 Å². The molecule has 0 spiro atoms. The van der Waals surface area contributed by atoms with Crippen LogP contribution in [-0.2, 0) is 33.6 Å². The fraction of sp³-hybridized carbons (Fsp3) is 0.304. The van der Waals surface area contributed by atoms with Gasteiger partial charge in [-0.05, 0) is 55.4 Å². The number of benzene rings is 1. The first-order chi connectivity index (χ1) is 15.5. The molecule has 3 aromatic rings. The molecule has 0 fully saturated rings. The van der Waals surface area contributed by atoms with Gasteiger partial charge in [0.05, 0.1) is 17.4 Å². The molecule has 0 atom stereocenters. The van der Waals surface area contributed by atoms with Crippen LogP contribution in [0.3, 0.4) is 0 Å². The fourth-order valence-electron chi connectivity index (χ4n) is 3.75. The molecule has 166 valence electrons. The average molecular weight is 453 g/mol. The maximum absolute atomic E-state index is 12.3. The lowest BCUT2D eigenvalue weighted by molar-refractivity contribution is -0.147. The zero-order chi connectivity index (χ0) is 22.5. The molecule has 0 radical (unpaired) electrons. The van der Waals surface area contributed by atoms with Gasteiger partial charge in [0.1, 0.15) is 5.00 Å². The summed E-state index contributed by atoms with van der Waals surface area (Å²) >= 11 is 1.38. The Morgan fingerprint density at radius 1 is 1.16 bits per heavy atom. The van der Waals surface area contributed by atoms with E-state index in [4.69, 9.17) is 10.5 Å². The average Bonchev–Trinajstić information content (AvgIpc) is 3.41. The Morgan fingerprint density at radius 3 is 2.72 bits per heavy atom. The van der Waals surface area contributed by atoms with E-state index in [2.05, 4.69) is 10.4 Å². The molecule has 0 saturated heterocycles. The molecule has 1 aromatic carbocycles. The van der Waals surface area contributed by atoms with Crippen LogP contribution in [0.4, 0.5) is 5.00 Å². The zero-order valence-electron chi connectivity index (χ0n) is 17.5. The quantitative estimate of drug-likeness (QED) is 0.510. The summed E-state index contributed by atoms with van der Waals surface area (Å²) in [5, 5.41) is 7.43. The number of nitrogens with two attached hydrogens (primary N) is 1. The first-order valence-electron chi connectivity index (χ1n) is 10.5. The van der Waals surface area contributed by atoms with Crippen molar-refractivity contribution in [3.05, 3.63) is 64.3 Å². The van der Waals surface area contributed by atoms with Gasteiger partial charge in [-0.25, -0.2) is 4.68 Å². The van der Waals surface area contributed by atoms with Crippen LogP contribution in [0.5, 0.6) is 0 Å². The van der Waals surface area contributed by atoms with Gasteiger partial charge in [-0.1, -0.05) is 18.2 Å². The van der Waals surface area contributed by atoms with E-state index >= 15 is 0 Å². The number of hydrogen-bond donors (Lipinski definition) is 2. The Hall–Kier alpha value is -3.46. The number of nitrogens with zero attached hydrogens (tertiary/aromatic N) is 2. The number of hydrogen-bond acceptors (Lipinski definition) is 6. The minimum Gasteiger partial charge on any atom is -0.456 e. The minimum absolute atomic E-state index is 0.133. The number of aromatic nitrogens is 2. The normalized spacial score (nSPS) is 12.8. The summed E-state index contributed by atoms with van der Waals surface area (Å²) in [4.78, 5) is 37.4. The van der Waals surface area contributed by atoms with E-state index in [-0.39, 0.29) is 6.42 Å². The SMILES string of the molecule is NC(=O)c1c(NC(=O)COC(=O)CCc2cnn(-c3ccccc3)c2)sc2c1CCCC2. The number of fused-ring (bicyclic) bond motifs is 1. The number of ether oxygens (including phenoxy) is 1. The number of carbonyl (C=O) groups is 3. The Labute approximate surface area is 189 Å². The van der Waals surface area contributed by atoms with E-state index in [1.54, 1.807) is 10.9 Å². The third kappa shape index (κ3) is 5.05. The van der Waals surface area contributed by atoms with Gasteiger partial charge in [0.2, 0.25) is 0 Å². The number of primary amides is 1. The first kappa shape index (κ1) is 21.8. The number of anilines is 1. The molecule has 8 nitrogen and oxygen atoms in total. The van der Waals surface area contributed by atoms with E-state index in [1.165, 1.54) is 11.3 Å². The summed E-state index contributed by atoms with van der Waals surface area (Å²) in [6.45, 7) is -0.414. The molecule has 3 N–H and O–H groups in total. The molecule has 1 aliphatic rings. The van der Waals surface area contributed by atoms with Crippen molar-refractivity contribution >= 4 is 34.1 Å². The molecule has 0 saturated carbocycles. The van der Waals surface area contributed by atoms with Crippen molar-refractivity contribution in [1.29, 1.82) is 0 Å². The maximum atomic E-state index is 12.3. The Balaban J connectivity index is 1.27. The van der Waals surface area contributed by atoms with Crippen LogP contribution in [0.1, 0.15) is 45.6 Å². The molecule has 2 amide bonds. The van der Waals surface area contributed by atoms with Gasteiger partial charge in [0.25, 0.3) is 11.8 Å². The van der Waals surface area contributed by atoms with Crippen LogP contribution >= 0.6 is 11.3 Å². The number of rotatable bonds is 8. The number of nitrogens with one attached hydrogen (secondary N) is 1. The molecule has 32 heavy (non-hydrogen) atoms. The van der Waals surface area contributed by atoms with Crippen LogP contribution in [0.25, 0.3) is 5.69 Å². The van der Waals surface area contributed by atoms with Gasteiger partial charge in [0, 0.05) is 17.5 Å². The standard InChI is InChI=1S/C23H24N4O4S/c24-22(30)21-17-8-4-5-9-18(17)32-23(21)26-19(28)14-31-20(29)11-10-15-12-25-27(13-15)16-6-2-1-3-7-16/h1-3,6-7,12-13H,4-5,8-11,14H2,(H2,24,30)(H,26,28). The minimum atomic E-state index is -0.548. The summed E-state index contributed by atoms with van der Waals surface area (Å²) < 4.78 is 6.84. The molecule has 4 rings (SSSR count). The Bertz CT molecular complexity index is 1140. The number of carbonyl (C=O) groups excluding carboxylic acids is 3. The highest BCUT2D eigenvalue weighted by atomic mass is 32.1. The van der Waals surface area contributed by atoms with Crippen molar-refractivity contribution in [3.8, 4) is 5.69 Å². The fourth-order valence-corrected chi connectivity index (χ4v) is 5.06. The second-order valence-electron chi connectivity index (χ2n) is 7.62. The largest absolute Gasteiger partial charge is 0.456 e. The zero-order valence-corrected chi connectivity index (χ0v) is 18.3. The van der Waals surface area contributed by atoms with Gasteiger partial charge in [-0.3, -0.25) is 14.4 Å². The molecule has 0 aliphatic heterocycles. The Kier molecular flexibility index (Phi) is 6.65. The van der Waals surface area contributed by atoms with Gasteiger partial charge in [0.15, 0.2) is 6.61 Å². The number of amides is 2. The van der Waals surface area contributed by atoms with Gasteiger partial charge in [-0.2, -0.15) is 5.10 Å². The topological polar surface area (TPSA) is 116 Å². The molecule has 0 bridgehead atoms. The molecule has 2 heterocycles. The highest BCUT2D eigenvalue weighted by Gasteiger charge is 2.25. The van der Waals surface area contributed by atoms with E-state index in [9.17, 15) is 14.4 Å². The lowest BCUT2D eigenvalue weighted by atomic mass is 9.95. The third-order valence-corrected chi connectivity index (χ3v) is 6.52. The monoisotopic (exact) mass is 452 g/mol. The van der Waals surface area contributed by atoms with E-state index in [1.807, 2.05) is 36.5 Å². The van der Waals surface area contributed by atoms with Crippen molar-refractivity contribution in [2.24, 2.45) is 5.73 Å². The molecule has 0 unspecified atom stereocenters. The van der Waals surface area contributed by atoms with Crippen LogP contribution in [0, 0.1) is 0 Å². The Morgan fingerprint density at radius 2 is 1.94 bits per heavy atom. The molecule has 2 aromatic heterocycles. The summed E-state index contributed by atoms with van der Waals surface area (Å²) in [5.74, 6) is -1.52. The third-order valence-electron chi connectivity index (χ3n) is 5.31. The van der Waals surface area contributed by atoms with E-state index < -0.39 is 24.4 Å². The second kappa shape index (κ2) is 9.78. The van der Waals surface area contributed by atoms with Crippen molar-refractivity contribution in [3.63, 3.8) is 0 Å². The maximum Gasteiger partial charge on any atom is 0.306 e. The predicted octanol–water partition coefficient (Wildman–Crippen LogP) is 3.03. The lowest BCUT2D eigenvalue weighted by Crippen LogP contribution is -2.23. The number of esters is 1. The summed E-state index contributed by atoms with van der Waals surface area (Å²) in [6, 6.07) is 9.67.